The zero-order valence-corrected chi connectivity index (χ0v) is 11.3. The van der Waals surface area contributed by atoms with E-state index in [0.717, 1.165) is 22.6 Å². The first-order chi connectivity index (χ1) is 10.4. The van der Waals surface area contributed by atoms with Crippen molar-refractivity contribution in [2.24, 2.45) is 0 Å². The van der Waals surface area contributed by atoms with Crippen LogP contribution in [-0.2, 0) is 0 Å². The summed E-state index contributed by atoms with van der Waals surface area (Å²) < 4.78 is 10.7. The predicted octanol–water partition coefficient (Wildman–Crippen LogP) is 3.97. The lowest BCUT2D eigenvalue weighted by atomic mass is 10.1. The maximum atomic E-state index is 5.36. The summed E-state index contributed by atoms with van der Waals surface area (Å²) in [4.78, 5) is 0. The molecule has 4 rings (SSSR count). The highest BCUT2D eigenvalue weighted by atomic mass is 16.7. The van der Waals surface area contributed by atoms with Crippen LogP contribution in [0.4, 0.5) is 0 Å². The van der Waals surface area contributed by atoms with Crippen molar-refractivity contribution in [3.8, 4) is 23.3 Å². The Morgan fingerprint density at radius 2 is 1.38 bits per heavy atom. The van der Waals surface area contributed by atoms with Crippen LogP contribution in [0.25, 0.3) is 10.8 Å². The van der Waals surface area contributed by atoms with Crippen LogP contribution in [0.5, 0.6) is 11.5 Å². The lowest BCUT2D eigenvalue weighted by Crippen LogP contribution is -1.92. The number of hydrogen-bond acceptors (Lipinski definition) is 2. The van der Waals surface area contributed by atoms with E-state index >= 15 is 0 Å². The van der Waals surface area contributed by atoms with E-state index in [0.29, 0.717) is 0 Å². The molecule has 0 fully saturated rings. The average molecular weight is 272 g/mol. The summed E-state index contributed by atoms with van der Waals surface area (Å²) in [6.45, 7) is 0.289. The minimum absolute atomic E-state index is 0.289. The fourth-order valence-corrected chi connectivity index (χ4v) is 2.39. The molecule has 2 nitrogen and oxygen atoms in total. The zero-order valence-electron chi connectivity index (χ0n) is 11.3. The molecule has 1 aliphatic heterocycles. The molecule has 0 radical (unpaired) electrons. The molecule has 3 aromatic rings. The number of benzene rings is 3. The van der Waals surface area contributed by atoms with Crippen molar-refractivity contribution in [1.29, 1.82) is 0 Å². The van der Waals surface area contributed by atoms with Gasteiger partial charge in [-0.2, -0.15) is 0 Å². The summed E-state index contributed by atoms with van der Waals surface area (Å²) in [6, 6.07) is 20.3. The maximum Gasteiger partial charge on any atom is 0.231 e. The van der Waals surface area contributed by atoms with E-state index in [1.807, 2.05) is 36.4 Å². The number of rotatable bonds is 0. The smallest absolute Gasteiger partial charge is 0.231 e. The molecule has 0 saturated carbocycles. The van der Waals surface area contributed by atoms with Gasteiger partial charge in [0.1, 0.15) is 0 Å². The van der Waals surface area contributed by atoms with Crippen molar-refractivity contribution in [3.05, 3.63) is 71.8 Å². The number of fused-ring (bicyclic) bond motifs is 2. The van der Waals surface area contributed by atoms with Crippen molar-refractivity contribution >= 4 is 10.8 Å². The maximum absolute atomic E-state index is 5.36. The SMILES string of the molecule is C(#Cc1ccc2ccccc2c1)c1ccc2c(c1)OCO2. The third kappa shape index (κ3) is 2.30. The Morgan fingerprint density at radius 1 is 0.667 bits per heavy atom. The van der Waals surface area contributed by atoms with E-state index in [2.05, 4.69) is 36.1 Å². The highest BCUT2D eigenvalue weighted by Gasteiger charge is 2.12. The van der Waals surface area contributed by atoms with Gasteiger partial charge in [0.25, 0.3) is 0 Å². The number of ether oxygens (including phenoxy) is 2. The molecule has 0 amide bonds. The Bertz CT molecular complexity index is 885. The molecule has 1 aliphatic rings. The van der Waals surface area contributed by atoms with E-state index in [1.54, 1.807) is 0 Å². The van der Waals surface area contributed by atoms with Gasteiger partial charge >= 0.3 is 0 Å². The molecular formula is C19H12O2. The molecule has 0 N–H and O–H groups in total. The van der Waals surface area contributed by atoms with Crippen LogP contribution in [-0.4, -0.2) is 6.79 Å². The van der Waals surface area contributed by atoms with E-state index in [-0.39, 0.29) is 6.79 Å². The molecule has 21 heavy (non-hydrogen) atoms. The molecule has 0 atom stereocenters. The van der Waals surface area contributed by atoms with Gasteiger partial charge in [-0.25, -0.2) is 0 Å². The van der Waals surface area contributed by atoms with Gasteiger partial charge in [0.05, 0.1) is 0 Å². The Hall–Kier alpha value is -2.92. The quantitative estimate of drug-likeness (QED) is 0.576. The van der Waals surface area contributed by atoms with Crippen molar-refractivity contribution in [2.75, 3.05) is 6.79 Å². The van der Waals surface area contributed by atoms with Gasteiger partial charge in [0.15, 0.2) is 11.5 Å². The molecule has 100 valence electrons. The second-order valence-corrected chi connectivity index (χ2v) is 4.88. The molecule has 2 heteroatoms. The van der Waals surface area contributed by atoms with E-state index in [4.69, 9.17) is 9.47 Å². The Balaban J connectivity index is 1.68. The summed E-state index contributed by atoms with van der Waals surface area (Å²) in [6.07, 6.45) is 0. The Labute approximate surface area is 122 Å². The van der Waals surface area contributed by atoms with E-state index in [1.165, 1.54) is 10.8 Å². The monoisotopic (exact) mass is 272 g/mol. The van der Waals surface area contributed by atoms with E-state index in [9.17, 15) is 0 Å². The molecule has 0 aliphatic carbocycles. The van der Waals surface area contributed by atoms with Crippen LogP contribution < -0.4 is 9.47 Å². The highest BCUT2D eigenvalue weighted by molar-refractivity contribution is 5.83. The van der Waals surface area contributed by atoms with Crippen LogP contribution in [0.3, 0.4) is 0 Å². The van der Waals surface area contributed by atoms with Crippen LogP contribution in [0.1, 0.15) is 11.1 Å². The molecule has 0 unspecified atom stereocenters. The summed E-state index contributed by atoms with van der Waals surface area (Å²) in [5.74, 6) is 7.92. The fourth-order valence-electron chi connectivity index (χ4n) is 2.39. The van der Waals surface area contributed by atoms with Crippen LogP contribution in [0.15, 0.2) is 60.7 Å². The van der Waals surface area contributed by atoms with E-state index < -0.39 is 0 Å². The molecule has 0 spiro atoms. The van der Waals surface area contributed by atoms with Crippen molar-refractivity contribution in [3.63, 3.8) is 0 Å². The minimum Gasteiger partial charge on any atom is -0.454 e. The average Bonchev–Trinajstić information content (AvgIpc) is 3.00. The van der Waals surface area contributed by atoms with Gasteiger partial charge in [-0.15, -0.1) is 0 Å². The van der Waals surface area contributed by atoms with Gasteiger partial charge < -0.3 is 9.47 Å². The first-order valence-electron chi connectivity index (χ1n) is 6.79. The van der Waals surface area contributed by atoms with Gasteiger partial charge in [-0.3, -0.25) is 0 Å². The first kappa shape index (κ1) is 11.9. The summed E-state index contributed by atoms with van der Waals surface area (Å²) in [5, 5.41) is 2.43. The van der Waals surface area contributed by atoms with Gasteiger partial charge in [0.2, 0.25) is 6.79 Å². The summed E-state index contributed by atoms with van der Waals surface area (Å²) >= 11 is 0. The van der Waals surface area contributed by atoms with Crippen molar-refractivity contribution in [1.82, 2.24) is 0 Å². The summed E-state index contributed by atoms with van der Waals surface area (Å²) in [7, 11) is 0. The van der Waals surface area contributed by atoms with Gasteiger partial charge in [-0.05, 0) is 41.1 Å². The topological polar surface area (TPSA) is 18.5 Å². The second kappa shape index (κ2) is 4.88. The summed E-state index contributed by atoms with van der Waals surface area (Å²) in [5.41, 5.74) is 1.93. The number of hydrogen-bond donors (Lipinski definition) is 0. The molecule has 3 aromatic carbocycles. The van der Waals surface area contributed by atoms with Crippen LogP contribution in [0.2, 0.25) is 0 Å². The highest BCUT2D eigenvalue weighted by Crippen LogP contribution is 2.32. The Morgan fingerprint density at radius 3 is 2.29 bits per heavy atom. The Kier molecular flexibility index (Phi) is 2.76. The zero-order chi connectivity index (χ0) is 14.1. The van der Waals surface area contributed by atoms with Crippen LogP contribution in [0, 0.1) is 11.8 Å². The third-order valence-corrected chi connectivity index (χ3v) is 3.47. The van der Waals surface area contributed by atoms with Crippen molar-refractivity contribution in [2.45, 2.75) is 0 Å². The normalized spacial score (nSPS) is 12.0. The molecule has 0 aromatic heterocycles. The standard InChI is InChI=1S/C19H12O2/c1-2-4-17-11-14(7-9-16(17)3-1)5-6-15-8-10-18-19(12-15)21-13-20-18/h1-4,7-12H,13H2. The van der Waals surface area contributed by atoms with Gasteiger partial charge in [-0.1, -0.05) is 42.2 Å². The fraction of sp³-hybridized carbons (Fsp3) is 0.0526. The lowest BCUT2D eigenvalue weighted by Gasteiger charge is -1.98. The predicted molar refractivity (Wildman–Crippen MR) is 82.5 cm³/mol. The first-order valence-corrected chi connectivity index (χ1v) is 6.79. The lowest BCUT2D eigenvalue weighted by molar-refractivity contribution is 0.174. The third-order valence-electron chi connectivity index (χ3n) is 3.47. The molecular weight excluding hydrogens is 260 g/mol. The van der Waals surface area contributed by atoms with Gasteiger partial charge in [0, 0.05) is 11.1 Å². The molecule has 1 heterocycles. The van der Waals surface area contributed by atoms with Crippen molar-refractivity contribution < 1.29 is 9.47 Å². The van der Waals surface area contributed by atoms with Crippen LogP contribution >= 0.6 is 0 Å². The molecule has 0 bridgehead atoms. The second-order valence-electron chi connectivity index (χ2n) is 4.88. The molecule has 0 saturated heterocycles. The minimum atomic E-state index is 0.289. The largest absolute Gasteiger partial charge is 0.454 e.